The van der Waals surface area contributed by atoms with Gasteiger partial charge < -0.3 is 16.0 Å². The fraction of sp³-hybridized carbons (Fsp3) is 0.200. The smallest absolute Gasteiger partial charge is 0.359 e. The molecule has 0 spiro atoms. The van der Waals surface area contributed by atoms with E-state index in [0.29, 0.717) is 35.6 Å². The van der Waals surface area contributed by atoms with Gasteiger partial charge in [0.05, 0.1) is 22.6 Å². The van der Waals surface area contributed by atoms with Crippen LogP contribution in [0.15, 0.2) is 78.9 Å². The van der Waals surface area contributed by atoms with Crippen LogP contribution in [0.25, 0.3) is 28.1 Å². The van der Waals surface area contributed by atoms with Gasteiger partial charge in [-0.3, -0.25) is 4.79 Å². The number of nitrogens with one attached hydrogen (secondary N) is 3. The van der Waals surface area contributed by atoms with E-state index in [1.807, 2.05) is 30.3 Å². The van der Waals surface area contributed by atoms with Crippen molar-refractivity contribution >= 4 is 23.7 Å². The summed E-state index contributed by atoms with van der Waals surface area (Å²) in [6.07, 6.45) is -3.73. The molecule has 216 valence electrons. The topological polar surface area (TPSA) is 108 Å². The van der Waals surface area contributed by atoms with Crippen molar-refractivity contribution in [1.29, 1.82) is 0 Å². The Hall–Kier alpha value is -5.13. The number of alkyl halides is 3. The predicted molar refractivity (Wildman–Crippen MR) is 151 cm³/mol. The highest BCUT2D eigenvalue weighted by Crippen LogP contribution is 2.32. The van der Waals surface area contributed by atoms with Gasteiger partial charge in [0.25, 0.3) is 0 Å². The highest BCUT2D eigenvalue weighted by molar-refractivity contribution is 6.01. The van der Waals surface area contributed by atoms with Crippen LogP contribution in [0.1, 0.15) is 17.7 Å². The Labute approximate surface area is 239 Å². The van der Waals surface area contributed by atoms with Crippen LogP contribution in [-0.4, -0.2) is 52.8 Å². The molecule has 1 aliphatic rings. The first kappa shape index (κ1) is 28.4. The third-order valence-electron chi connectivity index (χ3n) is 6.84. The maximum absolute atomic E-state index is 13.0. The van der Waals surface area contributed by atoms with Crippen molar-refractivity contribution in [2.24, 2.45) is 0 Å². The molecule has 1 fully saturated rings. The molecule has 1 aliphatic heterocycles. The molecule has 4 aromatic rings. The molecule has 3 N–H and O–H groups in total. The van der Waals surface area contributed by atoms with E-state index in [2.05, 4.69) is 16.0 Å². The van der Waals surface area contributed by atoms with Crippen molar-refractivity contribution in [3.63, 3.8) is 0 Å². The number of nitrogens with zero attached hydrogens (tertiary/aromatic N) is 3. The minimum atomic E-state index is -4.40. The molecule has 1 aromatic heterocycles. The number of imide groups is 1. The monoisotopic (exact) mass is 576 g/mol. The highest BCUT2D eigenvalue weighted by Gasteiger charge is 2.30. The number of carbonyl (C=O) groups excluding carboxylic acids is 3. The molecule has 2 heterocycles. The third-order valence-corrected chi connectivity index (χ3v) is 6.84. The molecule has 0 radical (unpaired) electrons. The zero-order valence-electron chi connectivity index (χ0n) is 22.5. The van der Waals surface area contributed by atoms with Crippen molar-refractivity contribution in [2.45, 2.75) is 19.0 Å². The molecule has 1 saturated heterocycles. The number of halogens is 3. The molecule has 5 rings (SSSR count). The van der Waals surface area contributed by atoms with Gasteiger partial charge in [-0.25, -0.2) is 19.2 Å². The van der Waals surface area contributed by atoms with Crippen LogP contribution < -0.4 is 16.0 Å². The van der Waals surface area contributed by atoms with E-state index < -0.39 is 23.8 Å². The molecular weight excluding hydrogens is 549 g/mol. The Balaban J connectivity index is 1.41. The minimum absolute atomic E-state index is 0.112. The second kappa shape index (κ2) is 11.8. The Kier molecular flexibility index (Phi) is 7.96. The normalized spacial score (nSPS) is 13.1. The number of urea groups is 2. The lowest BCUT2D eigenvalue weighted by Gasteiger charge is -2.14. The van der Waals surface area contributed by atoms with Crippen LogP contribution in [0.3, 0.4) is 0 Å². The van der Waals surface area contributed by atoms with Gasteiger partial charge >= 0.3 is 18.2 Å². The third kappa shape index (κ3) is 6.27. The van der Waals surface area contributed by atoms with E-state index in [4.69, 9.17) is 5.10 Å². The lowest BCUT2D eigenvalue weighted by atomic mass is 10.0. The van der Waals surface area contributed by atoms with Crippen LogP contribution in [0.4, 0.5) is 28.4 Å². The number of hydrogen-bond donors (Lipinski definition) is 3. The predicted octanol–water partition coefficient (Wildman–Crippen LogP) is 5.46. The summed E-state index contributed by atoms with van der Waals surface area (Å²) in [5, 5.41) is 12.6. The molecule has 5 amide bonds. The number of benzene rings is 3. The van der Waals surface area contributed by atoms with Crippen molar-refractivity contribution < 1.29 is 27.6 Å². The Bertz CT molecular complexity index is 1600. The first-order valence-corrected chi connectivity index (χ1v) is 13.2. The largest absolute Gasteiger partial charge is 0.416 e. The first-order chi connectivity index (χ1) is 20.1. The van der Waals surface area contributed by atoms with Crippen LogP contribution >= 0.6 is 0 Å². The maximum atomic E-state index is 13.0. The highest BCUT2D eigenvalue weighted by atomic mass is 19.4. The number of aryl methyl sites for hydroxylation is 1. The molecule has 42 heavy (non-hydrogen) atoms. The summed E-state index contributed by atoms with van der Waals surface area (Å²) in [5.74, 6) is -0.112. The molecular formula is C30H27F3N6O3. The average molecular weight is 577 g/mol. The van der Waals surface area contributed by atoms with E-state index in [-0.39, 0.29) is 18.9 Å². The lowest BCUT2D eigenvalue weighted by molar-refractivity contribution is -0.137. The zero-order valence-corrected chi connectivity index (χ0v) is 22.5. The van der Waals surface area contributed by atoms with Gasteiger partial charge in [-0.05, 0) is 53.6 Å². The maximum Gasteiger partial charge on any atom is 0.416 e. The van der Waals surface area contributed by atoms with Gasteiger partial charge in [-0.15, -0.1) is 0 Å². The van der Waals surface area contributed by atoms with Crippen molar-refractivity contribution in [3.05, 3.63) is 90.1 Å². The van der Waals surface area contributed by atoms with Crippen LogP contribution in [0.2, 0.25) is 0 Å². The fourth-order valence-electron chi connectivity index (χ4n) is 4.55. The summed E-state index contributed by atoms with van der Waals surface area (Å²) in [6, 6.07) is 20.2. The van der Waals surface area contributed by atoms with Crippen molar-refractivity contribution in [1.82, 2.24) is 25.3 Å². The van der Waals surface area contributed by atoms with E-state index in [0.717, 1.165) is 33.9 Å². The van der Waals surface area contributed by atoms with Gasteiger partial charge in [0.15, 0.2) is 0 Å². The quantitative estimate of drug-likeness (QED) is 0.272. The SMILES string of the molecule is CNC(=O)CCc1cc(-c2ccc(-c3ccc(C(F)(F)F)cc3)cc2)n(-c2ccc(NC(=O)N3CCNC3=O)cc2)n1. The number of aromatic nitrogens is 2. The standard InChI is InChI=1S/C30H27F3N6O3/c1-34-27(40)15-12-24-18-26(21-4-2-19(3-5-21)20-6-8-22(9-7-20)30(31,32)33)39(37-24)25-13-10-23(11-14-25)36-29(42)38-17-16-35-28(38)41/h2-11,13-14,18H,12,15-17H2,1H3,(H,34,40)(H,35,41)(H,36,42). The summed E-state index contributed by atoms with van der Waals surface area (Å²) in [7, 11) is 1.57. The first-order valence-electron chi connectivity index (χ1n) is 13.2. The van der Waals surface area contributed by atoms with Gasteiger partial charge in [-0.2, -0.15) is 18.3 Å². The van der Waals surface area contributed by atoms with E-state index in [9.17, 15) is 27.6 Å². The molecule has 0 aliphatic carbocycles. The second-order valence-electron chi connectivity index (χ2n) is 9.62. The molecule has 0 bridgehead atoms. The summed E-state index contributed by atoms with van der Waals surface area (Å²) in [4.78, 5) is 37.1. The Morgan fingerprint density at radius 1 is 0.929 bits per heavy atom. The van der Waals surface area contributed by atoms with E-state index in [1.54, 1.807) is 36.0 Å². The summed E-state index contributed by atoms with van der Waals surface area (Å²) < 4.78 is 40.6. The van der Waals surface area contributed by atoms with Gasteiger partial charge in [0.2, 0.25) is 5.91 Å². The molecule has 9 nitrogen and oxygen atoms in total. The molecule has 0 saturated carbocycles. The molecule has 0 unspecified atom stereocenters. The summed E-state index contributed by atoms with van der Waals surface area (Å²) in [6.45, 7) is 0.691. The number of rotatable bonds is 7. The number of anilines is 1. The van der Waals surface area contributed by atoms with E-state index >= 15 is 0 Å². The van der Waals surface area contributed by atoms with Crippen molar-refractivity contribution in [2.75, 3.05) is 25.5 Å². The molecule has 0 atom stereocenters. The number of carbonyl (C=O) groups is 3. The van der Waals surface area contributed by atoms with Crippen LogP contribution in [0, 0.1) is 0 Å². The fourth-order valence-corrected chi connectivity index (χ4v) is 4.55. The Morgan fingerprint density at radius 3 is 2.12 bits per heavy atom. The number of amides is 5. The van der Waals surface area contributed by atoms with E-state index in [1.165, 1.54) is 12.1 Å². The minimum Gasteiger partial charge on any atom is -0.359 e. The van der Waals surface area contributed by atoms with Crippen molar-refractivity contribution in [3.8, 4) is 28.1 Å². The molecule has 3 aromatic carbocycles. The zero-order chi connectivity index (χ0) is 29.9. The molecule has 12 heteroatoms. The summed E-state index contributed by atoms with van der Waals surface area (Å²) in [5.41, 5.74) is 4.13. The number of hydrogen-bond acceptors (Lipinski definition) is 4. The van der Waals surface area contributed by atoms with Crippen LogP contribution in [-0.2, 0) is 17.4 Å². The van der Waals surface area contributed by atoms with Gasteiger partial charge in [0, 0.05) is 44.2 Å². The lowest BCUT2D eigenvalue weighted by Crippen LogP contribution is -2.37. The van der Waals surface area contributed by atoms with Crippen LogP contribution in [0.5, 0.6) is 0 Å². The Morgan fingerprint density at radius 2 is 1.55 bits per heavy atom. The summed E-state index contributed by atoms with van der Waals surface area (Å²) >= 11 is 0. The van der Waals surface area contributed by atoms with Gasteiger partial charge in [-0.1, -0.05) is 36.4 Å². The second-order valence-corrected chi connectivity index (χ2v) is 9.62. The van der Waals surface area contributed by atoms with Gasteiger partial charge in [0.1, 0.15) is 0 Å². The average Bonchev–Trinajstić information content (AvgIpc) is 3.62.